The smallest absolute Gasteiger partial charge is 0.146 e. The van der Waals surface area contributed by atoms with E-state index in [0.29, 0.717) is 0 Å². The zero-order valence-electron chi connectivity index (χ0n) is 6.08. The highest BCUT2D eigenvalue weighted by atomic mass is 17.2. The van der Waals surface area contributed by atoms with Gasteiger partial charge in [-0.1, -0.05) is 0 Å². The van der Waals surface area contributed by atoms with E-state index in [4.69, 9.17) is 9.78 Å². The summed E-state index contributed by atoms with van der Waals surface area (Å²) < 4.78 is 0. The second-order valence-electron chi connectivity index (χ2n) is 2.90. The van der Waals surface area contributed by atoms with Crippen molar-refractivity contribution >= 4 is 0 Å². The van der Waals surface area contributed by atoms with E-state index in [-0.39, 0.29) is 6.23 Å². The van der Waals surface area contributed by atoms with E-state index in [1.54, 1.807) is 0 Å². The molecule has 1 unspecified atom stereocenters. The predicted molar refractivity (Wildman–Crippen MR) is 36.2 cm³/mol. The van der Waals surface area contributed by atoms with Gasteiger partial charge in [-0.3, -0.25) is 4.90 Å². The van der Waals surface area contributed by atoms with E-state index in [1.807, 2.05) is 0 Å². The van der Waals surface area contributed by atoms with Crippen LogP contribution in [0, 0.1) is 0 Å². The van der Waals surface area contributed by atoms with Gasteiger partial charge in [0.25, 0.3) is 0 Å². The molecule has 0 aromatic rings. The maximum atomic E-state index is 5.11. The van der Waals surface area contributed by atoms with Gasteiger partial charge in [-0.2, -0.15) is 0 Å². The van der Waals surface area contributed by atoms with Gasteiger partial charge in [0, 0.05) is 13.1 Å². The van der Waals surface area contributed by atoms with Crippen molar-refractivity contribution in [2.45, 2.75) is 25.5 Å². The Labute approximate surface area is 60.8 Å². The average molecular weight is 143 g/mol. The molecule has 0 N–H and O–H groups in total. The van der Waals surface area contributed by atoms with E-state index < -0.39 is 0 Å². The lowest BCUT2D eigenvalue weighted by molar-refractivity contribution is -0.376. The van der Waals surface area contributed by atoms with Gasteiger partial charge in [-0.15, -0.1) is 0 Å². The van der Waals surface area contributed by atoms with Crippen molar-refractivity contribution in [3.8, 4) is 0 Å². The van der Waals surface area contributed by atoms with Gasteiger partial charge in [0.2, 0.25) is 0 Å². The molecule has 2 saturated heterocycles. The molecular formula is C7H13NO2. The van der Waals surface area contributed by atoms with Crippen LogP contribution >= 0.6 is 0 Å². The highest BCUT2D eigenvalue weighted by Gasteiger charge is 2.26. The quantitative estimate of drug-likeness (QED) is 0.506. The highest BCUT2D eigenvalue weighted by molar-refractivity contribution is 4.72. The van der Waals surface area contributed by atoms with Crippen molar-refractivity contribution in [3.63, 3.8) is 0 Å². The number of hydrogen-bond donors (Lipinski definition) is 0. The van der Waals surface area contributed by atoms with Crippen LogP contribution in [0.3, 0.4) is 0 Å². The summed E-state index contributed by atoms with van der Waals surface area (Å²) in [7, 11) is 0. The van der Waals surface area contributed by atoms with Gasteiger partial charge >= 0.3 is 0 Å². The minimum absolute atomic E-state index is 0.266. The van der Waals surface area contributed by atoms with E-state index in [2.05, 4.69) is 4.90 Å². The van der Waals surface area contributed by atoms with Crippen molar-refractivity contribution in [1.29, 1.82) is 0 Å². The maximum Gasteiger partial charge on any atom is 0.146 e. The van der Waals surface area contributed by atoms with E-state index >= 15 is 0 Å². The summed E-state index contributed by atoms with van der Waals surface area (Å²) >= 11 is 0. The van der Waals surface area contributed by atoms with Gasteiger partial charge in [-0.05, 0) is 19.3 Å². The second-order valence-corrected chi connectivity index (χ2v) is 2.90. The fourth-order valence-corrected chi connectivity index (χ4v) is 1.36. The molecule has 0 saturated carbocycles. The molecule has 2 aliphatic heterocycles. The van der Waals surface area contributed by atoms with Crippen LogP contribution in [0.1, 0.15) is 19.3 Å². The first kappa shape index (κ1) is 6.58. The highest BCUT2D eigenvalue weighted by Crippen LogP contribution is 2.19. The number of nitrogens with zero attached hydrogens (tertiary/aromatic N) is 1. The number of hydrogen-bond acceptors (Lipinski definition) is 3. The molecule has 2 fully saturated rings. The lowest BCUT2D eigenvalue weighted by atomic mass is 10.1. The molecule has 3 nitrogen and oxygen atoms in total. The van der Waals surface area contributed by atoms with E-state index in [1.165, 1.54) is 19.5 Å². The molecule has 2 aliphatic rings. The second kappa shape index (κ2) is 2.86. The minimum Gasteiger partial charge on any atom is -0.276 e. The van der Waals surface area contributed by atoms with Crippen molar-refractivity contribution in [2.24, 2.45) is 0 Å². The third kappa shape index (κ3) is 1.17. The predicted octanol–water partition coefficient (Wildman–Crippen LogP) is 0.760. The van der Waals surface area contributed by atoms with Crippen molar-refractivity contribution in [1.82, 2.24) is 4.90 Å². The van der Waals surface area contributed by atoms with Crippen LogP contribution in [0.5, 0.6) is 0 Å². The largest absolute Gasteiger partial charge is 0.276 e. The van der Waals surface area contributed by atoms with Crippen LogP contribution < -0.4 is 0 Å². The average Bonchev–Trinajstić information content (AvgIpc) is 1.86. The lowest BCUT2D eigenvalue weighted by Gasteiger charge is -2.38. The third-order valence-electron chi connectivity index (χ3n) is 2.16. The Hall–Kier alpha value is -0.120. The van der Waals surface area contributed by atoms with Gasteiger partial charge in [0.15, 0.2) is 0 Å². The Morgan fingerprint density at radius 3 is 2.60 bits per heavy atom. The molecule has 0 aromatic carbocycles. The summed E-state index contributed by atoms with van der Waals surface area (Å²) in [5, 5.41) is 0. The number of likely N-dealkylation sites (tertiary alicyclic amines) is 1. The van der Waals surface area contributed by atoms with Crippen molar-refractivity contribution in [3.05, 3.63) is 0 Å². The SMILES string of the molecule is C1COOC(N2CCC2)C1. The Kier molecular flexibility index (Phi) is 1.88. The Morgan fingerprint density at radius 1 is 1.20 bits per heavy atom. The topological polar surface area (TPSA) is 21.7 Å². The van der Waals surface area contributed by atoms with Crippen LogP contribution in [-0.4, -0.2) is 30.8 Å². The summed E-state index contributed by atoms with van der Waals surface area (Å²) in [6.07, 6.45) is 3.86. The molecule has 2 heterocycles. The summed E-state index contributed by atoms with van der Waals surface area (Å²) in [6, 6.07) is 0. The minimum atomic E-state index is 0.266. The first-order valence-electron chi connectivity index (χ1n) is 3.99. The van der Waals surface area contributed by atoms with E-state index in [9.17, 15) is 0 Å². The first-order chi connectivity index (χ1) is 4.97. The zero-order valence-corrected chi connectivity index (χ0v) is 6.08. The molecule has 2 rings (SSSR count). The molecule has 0 radical (unpaired) electrons. The number of rotatable bonds is 1. The van der Waals surface area contributed by atoms with Crippen LogP contribution in [0.2, 0.25) is 0 Å². The molecule has 3 heteroatoms. The zero-order chi connectivity index (χ0) is 6.81. The van der Waals surface area contributed by atoms with E-state index in [0.717, 1.165) is 19.4 Å². The van der Waals surface area contributed by atoms with Crippen molar-refractivity contribution in [2.75, 3.05) is 19.7 Å². The van der Waals surface area contributed by atoms with Gasteiger partial charge in [-0.25, -0.2) is 9.78 Å². The van der Waals surface area contributed by atoms with Crippen molar-refractivity contribution < 1.29 is 9.78 Å². The molecule has 0 aliphatic carbocycles. The van der Waals surface area contributed by atoms with Crippen LogP contribution in [0.15, 0.2) is 0 Å². The summed E-state index contributed by atoms with van der Waals surface area (Å²) in [4.78, 5) is 12.3. The van der Waals surface area contributed by atoms with Gasteiger partial charge in [0.05, 0.1) is 6.61 Å². The molecule has 0 aromatic heterocycles. The maximum absolute atomic E-state index is 5.11. The van der Waals surface area contributed by atoms with Crippen LogP contribution in [0.25, 0.3) is 0 Å². The lowest BCUT2D eigenvalue weighted by Crippen LogP contribution is -2.47. The van der Waals surface area contributed by atoms with Gasteiger partial charge in [0.1, 0.15) is 6.23 Å². The standard InChI is InChI=1S/C7H13NO2/c1-3-7(10-9-6-1)8-4-2-5-8/h7H,1-6H2. The molecule has 0 amide bonds. The van der Waals surface area contributed by atoms with Crippen LogP contribution in [0.4, 0.5) is 0 Å². The summed E-state index contributed by atoms with van der Waals surface area (Å²) in [5.41, 5.74) is 0. The third-order valence-corrected chi connectivity index (χ3v) is 2.16. The molecular weight excluding hydrogens is 130 g/mol. The van der Waals surface area contributed by atoms with Gasteiger partial charge < -0.3 is 0 Å². The molecule has 0 spiro atoms. The summed E-state index contributed by atoms with van der Waals surface area (Å²) in [5.74, 6) is 0. The Bertz CT molecular complexity index is 108. The van der Waals surface area contributed by atoms with Crippen LogP contribution in [-0.2, 0) is 9.78 Å². The fourth-order valence-electron chi connectivity index (χ4n) is 1.36. The fraction of sp³-hybridized carbons (Fsp3) is 1.00. The monoisotopic (exact) mass is 143 g/mol. The first-order valence-corrected chi connectivity index (χ1v) is 3.99. The Balaban J connectivity index is 1.78. The normalized spacial score (nSPS) is 35.4. The summed E-state index contributed by atoms with van der Waals surface area (Å²) in [6.45, 7) is 3.15. The molecule has 0 bridgehead atoms. The Morgan fingerprint density at radius 2 is 2.10 bits per heavy atom. The molecule has 58 valence electrons. The molecule has 10 heavy (non-hydrogen) atoms. The molecule has 1 atom stereocenters.